The molecule has 2 aromatic carbocycles. The van der Waals surface area contributed by atoms with Gasteiger partial charge in [0.2, 0.25) is 0 Å². The fourth-order valence-corrected chi connectivity index (χ4v) is 4.46. The van der Waals surface area contributed by atoms with E-state index in [-0.39, 0.29) is 17.6 Å². The Balaban J connectivity index is 1.57. The number of amides is 2. The van der Waals surface area contributed by atoms with Crippen molar-refractivity contribution in [1.29, 1.82) is 0 Å². The number of unbranched alkanes of at least 4 members (excludes halogenated alkanes) is 3. The SMILES string of the molecule is CCCCCCN1C(=O)C(c2ccc(F)cc2)=C(N2CCN(c3ccccc3)CC2)C1=O. The second kappa shape index (κ2) is 9.98. The van der Waals surface area contributed by atoms with E-state index in [4.69, 9.17) is 0 Å². The monoisotopic (exact) mass is 435 g/mol. The summed E-state index contributed by atoms with van der Waals surface area (Å²) in [6.45, 7) is 5.39. The van der Waals surface area contributed by atoms with Gasteiger partial charge in [-0.2, -0.15) is 0 Å². The zero-order valence-electron chi connectivity index (χ0n) is 18.6. The van der Waals surface area contributed by atoms with Crippen molar-refractivity contribution in [2.75, 3.05) is 37.6 Å². The van der Waals surface area contributed by atoms with Crippen molar-refractivity contribution in [1.82, 2.24) is 9.80 Å². The van der Waals surface area contributed by atoms with E-state index in [2.05, 4.69) is 24.0 Å². The van der Waals surface area contributed by atoms with Crippen LogP contribution in [-0.4, -0.2) is 54.3 Å². The standard InChI is InChI=1S/C26H30FN3O2/c1-2-3-4-8-15-30-25(31)23(20-11-13-21(27)14-12-20)24(26(30)32)29-18-16-28(17-19-29)22-9-6-5-7-10-22/h5-7,9-14H,2-4,8,15-19H2,1H3. The minimum Gasteiger partial charge on any atom is -0.368 e. The van der Waals surface area contributed by atoms with Gasteiger partial charge in [-0.1, -0.05) is 56.5 Å². The summed E-state index contributed by atoms with van der Waals surface area (Å²) in [7, 11) is 0. The summed E-state index contributed by atoms with van der Waals surface area (Å²) in [5.41, 5.74) is 2.62. The Morgan fingerprint density at radius 1 is 0.781 bits per heavy atom. The molecule has 0 aromatic heterocycles. The molecule has 6 heteroatoms. The number of anilines is 1. The first-order valence-corrected chi connectivity index (χ1v) is 11.5. The molecule has 0 spiro atoms. The van der Waals surface area contributed by atoms with Crippen molar-refractivity contribution >= 4 is 23.1 Å². The van der Waals surface area contributed by atoms with Crippen LogP contribution in [0.15, 0.2) is 60.3 Å². The van der Waals surface area contributed by atoms with Crippen LogP contribution in [0.4, 0.5) is 10.1 Å². The van der Waals surface area contributed by atoms with Crippen molar-refractivity contribution in [2.24, 2.45) is 0 Å². The Bertz CT molecular complexity index is 980. The van der Waals surface area contributed by atoms with Crippen LogP contribution in [0.25, 0.3) is 5.57 Å². The average Bonchev–Trinajstić information content (AvgIpc) is 3.07. The first-order valence-electron chi connectivity index (χ1n) is 11.5. The molecule has 2 amide bonds. The van der Waals surface area contributed by atoms with Crippen molar-refractivity contribution in [2.45, 2.75) is 32.6 Å². The Labute approximate surface area is 189 Å². The number of imide groups is 1. The molecule has 4 rings (SSSR count). The van der Waals surface area contributed by atoms with Crippen LogP contribution in [0.1, 0.15) is 38.2 Å². The molecular formula is C26H30FN3O2. The average molecular weight is 436 g/mol. The molecule has 0 N–H and O–H groups in total. The molecule has 1 saturated heterocycles. The number of rotatable bonds is 8. The lowest BCUT2D eigenvalue weighted by Crippen LogP contribution is -2.47. The van der Waals surface area contributed by atoms with Crippen LogP contribution in [0.2, 0.25) is 0 Å². The minimum atomic E-state index is -0.361. The maximum atomic E-state index is 13.5. The van der Waals surface area contributed by atoms with E-state index in [1.54, 1.807) is 12.1 Å². The van der Waals surface area contributed by atoms with Gasteiger partial charge in [0, 0.05) is 38.4 Å². The molecule has 1 fully saturated rings. The van der Waals surface area contributed by atoms with Gasteiger partial charge in [0.1, 0.15) is 11.5 Å². The third-order valence-corrected chi connectivity index (χ3v) is 6.23. The van der Waals surface area contributed by atoms with E-state index in [1.165, 1.54) is 17.0 Å². The van der Waals surface area contributed by atoms with Gasteiger partial charge in [-0.05, 0) is 36.2 Å². The number of hydrogen-bond acceptors (Lipinski definition) is 4. The number of hydrogen-bond donors (Lipinski definition) is 0. The van der Waals surface area contributed by atoms with Crippen molar-refractivity contribution in [3.05, 3.63) is 71.7 Å². The van der Waals surface area contributed by atoms with Crippen molar-refractivity contribution < 1.29 is 14.0 Å². The van der Waals surface area contributed by atoms with E-state index in [9.17, 15) is 14.0 Å². The fourth-order valence-electron chi connectivity index (χ4n) is 4.46. The topological polar surface area (TPSA) is 43.9 Å². The van der Waals surface area contributed by atoms with Crippen LogP contribution >= 0.6 is 0 Å². The Morgan fingerprint density at radius 2 is 1.44 bits per heavy atom. The maximum Gasteiger partial charge on any atom is 0.277 e. The summed E-state index contributed by atoms with van der Waals surface area (Å²) in [4.78, 5) is 32.4. The molecule has 0 atom stereocenters. The smallest absolute Gasteiger partial charge is 0.277 e. The largest absolute Gasteiger partial charge is 0.368 e. The lowest BCUT2D eigenvalue weighted by molar-refractivity contribution is -0.137. The van der Waals surface area contributed by atoms with E-state index in [0.717, 1.165) is 44.5 Å². The van der Waals surface area contributed by atoms with Gasteiger partial charge in [-0.3, -0.25) is 14.5 Å². The first-order chi connectivity index (χ1) is 15.6. The highest BCUT2D eigenvalue weighted by Gasteiger charge is 2.41. The second-order valence-electron chi connectivity index (χ2n) is 8.36. The summed E-state index contributed by atoms with van der Waals surface area (Å²) in [6, 6.07) is 16.1. The van der Waals surface area contributed by atoms with Crippen molar-refractivity contribution in [3.8, 4) is 0 Å². The molecule has 0 saturated carbocycles. The highest BCUT2D eigenvalue weighted by Crippen LogP contribution is 2.33. The molecule has 2 aliphatic rings. The lowest BCUT2D eigenvalue weighted by atomic mass is 10.0. The normalized spacial score (nSPS) is 17.0. The zero-order chi connectivity index (χ0) is 22.5. The van der Waals surface area contributed by atoms with Crippen LogP contribution in [0, 0.1) is 5.82 Å². The Hall–Kier alpha value is -3.15. The number of nitrogens with zero attached hydrogens (tertiary/aromatic N) is 3. The highest BCUT2D eigenvalue weighted by atomic mass is 19.1. The number of carbonyl (C=O) groups excluding carboxylic acids is 2. The second-order valence-corrected chi connectivity index (χ2v) is 8.36. The summed E-state index contributed by atoms with van der Waals surface area (Å²) in [6.07, 6.45) is 3.97. The quantitative estimate of drug-likeness (QED) is 0.458. The van der Waals surface area contributed by atoms with E-state index < -0.39 is 0 Å². The van der Waals surface area contributed by atoms with Gasteiger partial charge in [-0.25, -0.2) is 4.39 Å². The third kappa shape index (κ3) is 4.54. The zero-order valence-corrected chi connectivity index (χ0v) is 18.6. The molecule has 168 valence electrons. The Morgan fingerprint density at radius 3 is 2.09 bits per heavy atom. The van der Waals surface area contributed by atoms with E-state index in [0.29, 0.717) is 36.5 Å². The number of para-hydroxylation sites is 1. The number of carbonyl (C=O) groups is 2. The predicted octanol–water partition coefficient (Wildman–Crippen LogP) is 4.31. The molecule has 2 aromatic rings. The molecule has 0 bridgehead atoms. The molecule has 5 nitrogen and oxygen atoms in total. The molecule has 0 radical (unpaired) electrons. The molecule has 0 unspecified atom stereocenters. The van der Waals surface area contributed by atoms with Crippen molar-refractivity contribution in [3.63, 3.8) is 0 Å². The van der Waals surface area contributed by atoms with Crippen LogP contribution in [0.5, 0.6) is 0 Å². The van der Waals surface area contributed by atoms with Gasteiger partial charge in [-0.15, -0.1) is 0 Å². The maximum absolute atomic E-state index is 13.5. The lowest BCUT2D eigenvalue weighted by Gasteiger charge is -2.37. The van der Waals surface area contributed by atoms with E-state index in [1.807, 2.05) is 23.1 Å². The summed E-state index contributed by atoms with van der Waals surface area (Å²) < 4.78 is 13.5. The van der Waals surface area contributed by atoms with Gasteiger partial charge in [0.05, 0.1) is 5.57 Å². The Kier molecular flexibility index (Phi) is 6.88. The fraction of sp³-hybridized carbons (Fsp3) is 0.385. The predicted molar refractivity (Wildman–Crippen MR) is 124 cm³/mol. The number of halogens is 1. The molecule has 2 heterocycles. The van der Waals surface area contributed by atoms with Gasteiger partial charge in [0.25, 0.3) is 11.8 Å². The molecule has 32 heavy (non-hydrogen) atoms. The number of piperazine rings is 1. The molecule has 0 aliphatic carbocycles. The molecule has 2 aliphatic heterocycles. The first kappa shape index (κ1) is 22.1. The van der Waals surface area contributed by atoms with Crippen LogP contribution in [0.3, 0.4) is 0 Å². The van der Waals surface area contributed by atoms with E-state index >= 15 is 0 Å². The van der Waals surface area contributed by atoms with Crippen LogP contribution < -0.4 is 4.90 Å². The summed E-state index contributed by atoms with van der Waals surface area (Å²) in [5.74, 6) is -0.849. The van der Waals surface area contributed by atoms with Gasteiger partial charge in [0.15, 0.2) is 0 Å². The van der Waals surface area contributed by atoms with Gasteiger partial charge >= 0.3 is 0 Å². The van der Waals surface area contributed by atoms with Gasteiger partial charge < -0.3 is 9.80 Å². The molecular weight excluding hydrogens is 405 g/mol. The third-order valence-electron chi connectivity index (χ3n) is 6.23. The summed E-state index contributed by atoms with van der Waals surface area (Å²) >= 11 is 0. The minimum absolute atomic E-state index is 0.223. The number of benzene rings is 2. The highest BCUT2D eigenvalue weighted by molar-refractivity contribution is 6.35. The summed E-state index contributed by atoms with van der Waals surface area (Å²) in [5, 5.41) is 0. The van der Waals surface area contributed by atoms with Crippen LogP contribution in [-0.2, 0) is 9.59 Å².